The maximum absolute atomic E-state index is 8.90. The summed E-state index contributed by atoms with van der Waals surface area (Å²) >= 11 is 0. The van der Waals surface area contributed by atoms with Crippen molar-refractivity contribution in [1.82, 2.24) is 0 Å². The van der Waals surface area contributed by atoms with Crippen LogP contribution in [0.1, 0.15) is 48.4 Å². The molecule has 1 aliphatic carbocycles. The molecular formula is C14H21NO. The van der Waals surface area contributed by atoms with E-state index in [4.69, 9.17) is 10.8 Å². The van der Waals surface area contributed by atoms with Crippen LogP contribution in [0.15, 0.2) is 18.2 Å². The summed E-state index contributed by atoms with van der Waals surface area (Å²) in [7, 11) is 0. The molecule has 1 atom stereocenters. The fraction of sp³-hybridized carbons (Fsp3) is 0.571. The average Bonchev–Trinajstić information content (AvgIpc) is 2.53. The molecule has 2 nitrogen and oxygen atoms in total. The van der Waals surface area contributed by atoms with Gasteiger partial charge in [0.2, 0.25) is 0 Å². The molecule has 0 bridgehead atoms. The zero-order valence-electron chi connectivity index (χ0n) is 9.78. The summed E-state index contributed by atoms with van der Waals surface area (Å²) in [5.41, 5.74) is 10.2. The van der Waals surface area contributed by atoms with E-state index in [0.29, 0.717) is 6.42 Å². The smallest absolute Gasteiger partial charge is 0.0449 e. The van der Waals surface area contributed by atoms with E-state index in [0.717, 1.165) is 0 Å². The van der Waals surface area contributed by atoms with Crippen LogP contribution in [0.25, 0.3) is 0 Å². The largest absolute Gasteiger partial charge is 0.396 e. The molecule has 0 aliphatic heterocycles. The Morgan fingerprint density at radius 3 is 2.62 bits per heavy atom. The van der Waals surface area contributed by atoms with Crippen LogP contribution in [0.3, 0.4) is 0 Å². The van der Waals surface area contributed by atoms with Crippen LogP contribution in [0.2, 0.25) is 0 Å². The Balaban J connectivity index is 2.20. The van der Waals surface area contributed by atoms with Crippen LogP contribution >= 0.6 is 0 Å². The van der Waals surface area contributed by atoms with Crippen LogP contribution in [0.5, 0.6) is 0 Å². The predicted molar refractivity (Wildman–Crippen MR) is 66.3 cm³/mol. The van der Waals surface area contributed by atoms with Crippen molar-refractivity contribution in [2.45, 2.75) is 44.6 Å². The lowest BCUT2D eigenvalue weighted by molar-refractivity contribution is 0.276. The fourth-order valence-electron chi connectivity index (χ4n) is 2.47. The molecule has 88 valence electrons. The van der Waals surface area contributed by atoms with E-state index < -0.39 is 0 Å². The molecule has 1 aromatic rings. The lowest BCUT2D eigenvalue weighted by Crippen LogP contribution is -2.12. The number of fused-ring (bicyclic) bond motifs is 1. The van der Waals surface area contributed by atoms with Crippen LogP contribution in [0, 0.1) is 0 Å². The number of hydrogen-bond donors (Lipinski definition) is 2. The molecule has 1 unspecified atom stereocenters. The predicted octanol–water partition coefficient (Wildman–Crippen LogP) is 2.34. The number of hydrogen-bond acceptors (Lipinski definition) is 2. The van der Waals surface area contributed by atoms with Gasteiger partial charge in [0, 0.05) is 12.6 Å². The fourth-order valence-corrected chi connectivity index (χ4v) is 2.47. The highest BCUT2D eigenvalue weighted by Crippen LogP contribution is 2.24. The molecule has 16 heavy (non-hydrogen) atoms. The van der Waals surface area contributed by atoms with Crippen molar-refractivity contribution in [2.24, 2.45) is 5.73 Å². The Morgan fingerprint density at radius 2 is 1.88 bits per heavy atom. The molecule has 0 aromatic heterocycles. The third kappa shape index (κ3) is 2.63. The molecule has 0 spiro atoms. The first-order valence-corrected chi connectivity index (χ1v) is 6.29. The Hall–Kier alpha value is -0.860. The van der Waals surface area contributed by atoms with Crippen molar-refractivity contribution >= 4 is 0 Å². The van der Waals surface area contributed by atoms with Gasteiger partial charge in [-0.05, 0) is 48.8 Å². The van der Waals surface area contributed by atoms with E-state index in [1.165, 1.54) is 48.8 Å². The molecule has 2 heteroatoms. The highest BCUT2D eigenvalue weighted by Gasteiger charge is 2.11. The summed E-state index contributed by atoms with van der Waals surface area (Å²) < 4.78 is 0. The van der Waals surface area contributed by atoms with Gasteiger partial charge in [0.05, 0.1) is 0 Å². The maximum atomic E-state index is 8.90. The van der Waals surface area contributed by atoms with Gasteiger partial charge < -0.3 is 10.8 Å². The Bertz CT molecular complexity index is 349. The van der Waals surface area contributed by atoms with Gasteiger partial charge in [-0.15, -0.1) is 0 Å². The van der Waals surface area contributed by atoms with Crippen molar-refractivity contribution in [3.8, 4) is 0 Å². The molecule has 3 N–H and O–H groups in total. The Morgan fingerprint density at radius 1 is 1.12 bits per heavy atom. The second-order valence-electron chi connectivity index (χ2n) is 4.71. The molecule has 0 fully saturated rings. The van der Waals surface area contributed by atoms with Crippen LogP contribution in [-0.4, -0.2) is 11.7 Å². The van der Waals surface area contributed by atoms with Crippen molar-refractivity contribution < 1.29 is 5.11 Å². The van der Waals surface area contributed by atoms with Crippen LogP contribution in [-0.2, 0) is 12.8 Å². The number of aliphatic hydroxyl groups is 1. The quantitative estimate of drug-likeness (QED) is 0.766. The molecule has 0 radical (unpaired) electrons. The first-order chi connectivity index (χ1) is 7.81. The van der Waals surface area contributed by atoms with Gasteiger partial charge >= 0.3 is 0 Å². The molecule has 0 saturated heterocycles. The van der Waals surface area contributed by atoms with E-state index in [-0.39, 0.29) is 12.6 Å². The highest BCUT2D eigenvalue weighted by molar-refractivity contribution is 5.34. The molecule has 2 rings (SSSR count). The van der Waals surface area contributed by atoms with E-state index in [9.17, 15) is 0 Å². The first kappa shape index (κ1) is 11.6. The highest BCUT2D eigenvalue weighted by atomic mass is 16.3. The van der Waals surface area contributed by atoms with Gasteiger partial charge in [0.15, 0.2) is 0 Å². The molecule has 0 heterocycles. The minimum absolute atomic E-state index is 0.0152. The summed E-state index contributed by atoms with van der Waals surface area (Å²) in [6.45, 7) is 0.165. The lowest BCUT2D eigenvalue weighted by Gasteiger charge is -2.14. The number of nitrogens with two attached hydrogens (primary N) is 1. The van der Waals surface area contributed by atoms with Gasteiger partial charge in [-0.2, -0.15) is 0 Å². The Labute approximate surface area is 97.5 Å². The molecule has 0 saturated carbocycles. The van der Waals surface area contributed by atoms with Gasteiger partial charge in [0.1, 0.15) is 0 Å². The monoisotopic (exact) mass is 219 g/mol. The summed E-state index contributed by atoms with van der Waals surface area (Å²) in [4.78, 5) is 0. The van der Waals surface area contributed by atoms with Crippen LogP contribution < -0.4 is 5.73 Å². The van der Waals surface area contributed by atoms with Gasteiger partial charge in [-0.1, -0.05) is 24.6 Å². The molecular weight excluding hydrogens is 198 g/mol. The van der Waals surface area contributed by atoms with Crippen LogP contribution in [0.4, 0.5) is 0 Å². The normalized spacial score (nSPS) is 17.6. The molecule has 0 amide bonds. The van der Waals surface area contributed by atoms with Gasteiger partial charge in [0.25, 0.3) is 0 Å². The van der Waals surface area contributed by atoms with Crippen molar-refractivity contribution in [2.75, 3.05) is 6.61 Å². The van der Waals surface area contributed by atoms with Crippen molar-refractivity contribution in [1.29, 1.82) is 0 Å². The number of rotatable bonds is 3. The number of aryl methyl sites for hydroxylation is 2. The van der Waals surface area contributed by atoms with Gasteiger partial charge in [-0.3, -0.25) is 0 Å². The SMILES string of the molecule is NC(CCO)c1ccc2c(c1)CCCCC2. The summed E-state index contributed by atoms with van der Waals surface area (Å²) in [5, 5.41) is 8.90. The standard InChI is InChI=1S/C14H21NO/c15-14(8-9-16)13-7-6-11-4-2-1-3-5-12(11)10-13/h6-7,10,14,16H,1-5,8-9,15H2. The van der Waals surface area contributed by atoms with E-state index in [1.807, 2.05) is 0 Å². The minimum atomic E-state index is -0.0152. The topological polar surface area (TPSA) is 46.2 Å². The minimum Gasteiger partial charge on any atom is -0.396 e. The number of benzene rings is 1. The van der Waals surface area contributed by atoms with E-state index in [2.05, 4.69) is 18.2 Å². The molecule has 1 aromatic carbocycles. The van der Waals surface area contributed by atoms with Crippen molar-refractivity contribution in [3.63, 3.8) is 0 Å². The second-order valence-corrected chi connectivity index (χ2v) is 4.71. The maximum Gasteiger partial charge on any atom is 0.0449 e. The first-order valence-electron chi connectivity index (χ1n) is 6.29. The summed E-state index contributed by atoms with van der Waals surface area (Å²) in [6, 6.07) is 6.59. The zero-order chi connectivity index (χ0) is 11.4. The summed E-state index contributed by atoms with van der Waals surface area (Å²) in [6.07, 6.45) is 7.01. The third-order valence-corrected chi connectivity index (χ3v) is 3.49. The molecule has 1 aliphatic rings. The van der Waals surface area contributed by atoms with Crippen molar-refractivity contribution in [3.05, 3.63) is 34.9 Å². The third-order valence-electron chi connectivity index (χ3n) is 3.49. The summed E-state index contributed by atoms with van der Waals surface area (Å²) in [5.74, 6) is 0. The lowest BCUT2D eigenvalue weighted by atomic mass is 9.96. The second kappa shape index (κ2) is 5.46. The van der Waals surface area contributed by atoms with Gasteiger partial charge in [-0.25, -0.2) is 0 Å². The van der Waals surface area contributed by atoms with E-state index in [1.54, 1.807) is 0 Å². The van der Waals surface area contributed by atoms with E-state index >= 15 is 0 Å². The number of aliphatic hydroxyl groups excluding tert-OH is 1. The zero-order valence-corrected chi connectivity index (χ0v) is 9.78. The average molecular weight is 219 g/mol. The Kier molecular flexibility index (Phi) is 3.97.